The second-order valence-corrected chi connectivity index (χ2v) is 9.00. The number of hydrogen-bond acceptors (Lipinski definition) is 5. The van der Waals surface area contributed by atoms with Gasteiger partial charge in [-0.2, -0.15) is 0 Å². The van der Waals surface area contributed by atoms with Gasteiger partial charge in [0.25, 0.3) is 0 Å². The van der Waals surface area contributed by atoms with Crippen LogP contribution in [0.1, 0.15) is 32.4 Å². The molecule has 2 rings (SSSR count). The predicted octanol–water partition coefficient (Wildman–Crippen LogP) is 1.72. The molecule has 0 bridgehead atoms. The van der Waals surface area contributed by atoms with Gasteiger partial charge in [-0.15, -0.1) is 0 Å². The van der Waals surface area contributed by atoms with Crippen molar-refractivity contribution < 1.29 is 17.9 Å². The van der Waals surface area contributed by atoms with E-state index in [0.717, 1.165) is 5.56 Å². The van der Waals surface area contributed by atoms with E-state index >= 15 is 0 Å². The topological polar surface area (TPSA) is 66.9 Å². The van der Waals surface area contributed by atoms with Gasteiger partial charge < -0.3 is 9.64 Å². The lowest BCUT2D eigenvalue weighted by molar-refractivity contribution is -0.144. The van der Waals surface area contributed by atoms with Crippen molar-refractivity contribution in [3.8, 4) is 0 Å². The van der Waals surface area contributed by atoms with E-state index < -0.39 is 9.84 Å². The largest absolute Gasteiger partial charge is 0.372 e. The fourth-order valence-electron chi connectivity index (χ4n) is 3.08. The van der Waals surface area contributed by atoms with Crippen molar-refractivity contribution in [2.45, 2.75) is 43.9 Å². The van der Waals surface area contributed by atoms with Crippen LogP contribution in [0.4, 0.5) is 0 Å². The average Bonchev–Trinajstić information content (AvgIpc) is 2.52. The van der Waals surface area contributed by atoms with Crippen LogP contribution in [0.25, 0.3) is 0 Å². The zero-order chi connectivity index (χ0) is 18.8. The van der Waals surface area contributed by atoms with Gasteiger partial charge in [0.1, 0.15) is 0 Å². The molecule has 1 amide bonds. The van der Waals surface area contributed by atoms with Gasteiger partial charge in [0.2, 0.25) is 5.91 Å². The lowest BCUT2D eigenvalue weighted by Crippen LogP contribution is -2.50. The minimum atomic E-state index is -3.20. The fourth-order valence-corrected chi connectivity index (χ4v) is 3.71. The molecule has 1 aliphatic rings. The molecular formula is C18H28N2O4S. The first-order valence-electron chi connectivity index (χ1n) is 8.51. The number of carbonyl (C=O) groups excluding carboxylic acids is 1. The Morgan fingerprint density at radius 2 is 1.76 bits per heavy atom. The third-order valence-corrected chi connectivity index (χ3v) is 5.74. The molecule has 3 atom stereocenters. The van der Waals surface area contributed by atoms with Gasteiger partial charge in [-0.25, -0.2) is 8.42 Å². The number of rotatable bonds is 5. The summed E-state index contributed by atoms with van der Waals surface area (Å²) >= 11 is 0. The van der Waals surface area contributed by atoms with E-state index in [4.69, 9.17) is 4.74 Å². The average molecular weight is 368 g/mol. The maximum absolute atomic E-state index is 12.6. The van der Waals surface area contributed by atoms with Crippen LogP contribution in [0, 0.1) is 0 Å². The second kappa shape index (κ2) is 7.85. The number of carbonyl (C=O) groups is 1. The van der Waals surface area contributed by atoms with Crippen molar-refractivity contribution in [3.05, 3.63) is 29.8 Å². The van der Waals surface area contributed by atoms with Crippen LogP contribution in [0.15, 0.2) is 29.2 Å². The van der Waals surface area contributed by atoms with Crippen molar-refractivity contribution in [3.63, 3.8) is 0 Å². The molecule has 0 unspecified atom stereocenters. The molecule has 1 heterocycles. The number of ether oxygens (including phenoxy) is 1. The maximum Gasteiger partial charge on any atom is 0.236 e. The summed E-state index contributed by atoms with van der Waals surface area (Å²) in [6, 6.07) is 6.85. The Bertz CT molecular complexity index is 692. The standard InChI is InChI=1S/C18H28N2O4S/c1-13-10-20(11-14(2)24-13)18(21)12-19(4)15(3)16-6-8-17(9-7-16)25(5,22)23/h6-9,13-15H,10-12H2,1-5H3/t13-,14-,15-/m1/s1. The van der Waals surface area contributed by atoms with Crippen LogP contribution >= 0.6 is 0 Å². The van der Waals surface area contributed by atoms with Gasteiger partial charge >= 0.3 is 0 Å². The third-order valence-electron chi connectivity index (χ3n) is 4.61. The molecule has 7 heteroatoms. The van der Waals surface area contributed by atoms with E-state index in [1.165, 1.54) is 6.26 Å². The monoisotopic (exact) mass is 368 g/mol. The zero-order valence-electron chi connectivity index (χ0n) is 15.6. The van der Waals surface area contributed by atoms with Crippen LogP contribution < -0.4 is 0 Å². The maximum atomic E-state index is 12.6. The summed E-state index contributed by atoms with van der Waals surface area (Å²) in [4.78, 5) is 16.7. The summed E-state index contributed by atoms with van der Waals surface area (Å²) in [5.41, 5.74) is 0.978. The summed E-state index contributed by atoms with van der Waals surface area (Å²) in [6.45, 7) is 7.52. The van der Waals surface area contributed by atoms with Crippen LogP contribution in [0.2, 0.25) is 0 Å². The number of amides is 1. The number of morpholine rings is 1. The molecule has 0 saturated carbocycles. The second-order valence-electron chi connectivity index (χ2n) is 6.99. The Kier molecular flexibility index (Phi) is 6.24. The van der Waals surface area contributed by atoms with Crippen molar-refractivity contribution in [1.82, 2.24) is 9.80 Å². The smallest absolute Gasteiger partial charge is 0.236 e. The SMILES string of the molecule is C[C@@H]1CN(C(=O)CN(C)[C@H](C)c2ccc(S(C)(=O)=O)cc2)C[C@@H](C)O1. The highest BCUT2D eigenvalue weighted by Crippen LogP contribution is 2.21. The molecule has 0 aliphatic carbocycles. The summed E-state index contributed by atoms with van der Waals surface area (Å²) < 4.78 is 28.8. The molecule has 140 valence electrons. The van der Waals surface area contributed by atoms with E-state index in [9.17, 15) is 13.2 Å². The number of nitrogens with zero attached hydrogens (tertiary/aromatic N) is 2. The Labute approximate surface area is 150 Å². The Balaban J connectivity index is 2.00. The Morgan fingerprint density at radius 3 is 2.24 bits per heavy atom. The van der Waals surface area contributed by atoms with E-state index in [-0.39, 0.29) is 24.2 Å². The van der Waals surface area contributed by atoms with Gasteiger partial charge in [0, 0.05) is 25.4 Å². The van der Waals surface area contributed by atoms with E-state index in [2.05, 4.69) is 0 Å². The van der Waals surface area contributed by atoms with E-state index in [0.29, 0.717) is 24.5 Å². The minimum Gasteiger partial charge on any atom is -0.372 e. The quantitative estimate of drug-likeness (QED) is 0.792. The van der Waals surface area contributed by atoms with Gasteiger partial charge in [-0.3, -0.25) is 9.69 Å². The lowest BCUT2D eigenvalue weighted by Gasteiger charge is -2.36. The summed E-state index contributed by atoms with van der Waals surface area (Å²) in [5, 5.41) is 0. The molecule has 1 aromatic rings. The van der Waals surface area contributed by atoms with E-state index in [1.807, 2.05) is 37.6 Å². The van der Waals surface area contributed by atoms with E-state index in [1.54, 1.807) is 24.3 Å². The molecule has 1 aromatic carbocycles. The summed E-state index contributed by atoms with van der Waals surface area (Å²) in [5.74, 6) is 0.0871. The first-order chi connectivity index (χ1) is 11.6. The van der Waals surface area contributed by atoms with Crippen molar-refractivity contribution in [1.29, 1.82) is 0 Å². The minimum absolute atomic E-state index is 0.00782. The highest BCUT2D eigenvalue weighted by molar-refractivity contribution is 7.90. The molecule has 6 nitrogen and oxygen atoms in total. The molecule has 0 radical (unpaired) electrons. The molecule has 1 fully saturated rings. The van der Waals surface area contributed by atoms with Gasteiger partial charge in [0.15, 0.2) is 9.84 Å². The number of hydrogen-bond donors (Lipinski definition) is 0. The molecule has 25 heavy (non-hydrogen) atoms. The summed E-state index contributed by atoms with van der Waals surface area (Å²) in [6.07, 6.45) is 1.30. The van der Waals surface area contributed by atoms with Gasteiger partial charge in [-0.1, -0.05) is 12.1 Å². The zero-order valence-corrected chi connectivity index (χ0v) is 16.4. The molecular weight excluding hydrogens is 340 g/mol. The van der Waals surface area contributed by atoms with Crippen molar-refractivity contribution >= 4 is 15.7 Å². The normalized spacial score (nSPS) is 22.9. The van der Waals surface area contributed by atoms with Crippen LogP contribution in [0.3, 0.4) is 0 Å². The third kappa shape index (κ3) is 5.26. The molecule has 0 spiro atoms. The highest BCUT2D eigenvalue weighted by Gasteiger charge is 2.27. The Morgan fingerprint density at radius 1 is 1.24 bits per heavy atom. The first-order valence-corrected chi connectivity index (χ1v) is 10.4. The first kappa shape index (κ1) is 19.9. The predicted molar refractivity (Wildman–Crippen MR) is 97.2 cm³/mol. The van der Waals surface area contributed by atoms with Crippen molar-refractivity contribution in [2.75, 3.05) is 32.9 Å². The van der Waals surface area contributed by atoms with Crippen LogP contribution in [-0.2, 0) is 19.4 Å². The number of likely N-dealkylation sites (N-methyl/N-ethyl adjacent to an activating group) is 1. The van der Waals surface area contributed by atoms with Crippen LogP contribution in [0.5, 0.6) is 0 Å². The van der Waals surface area contributed by atoms with Gasteiger partial charge in [-0.05, 0) is 45.5 Å². The lowest BCUT2D eigenvalue weighted by atomic mass is 10.1. The van der Waals surface area contributed by atoms with Gasteiger partial charge in [0.05, 0.1) is 23.6 Å². The number of sulfone groups is 1. The summed E-state index contributed by atoms with van der Waals surface area (Å²) in [7, 11) is -1.29. The Hall–Kier alpha value is -1.44. The molecule has 1 saturated heterocycles. The molecule has 1 aliphatic heterocycles. The molecule has 0 aromatic heterocycles. The van der Waals surface area contributed by atoms with Crippen LogP contribution in [-0.4, -0.2) is 69.3 Å². The fraction of sp³-hybridized carbons (Fsp3) is 0.611. The highest BCUT2D eigenvalue weighted by atomic mass is 32.2. The number of benzene rings is 1. The van der Waals surface area contributed by atoms with Crippen molar-refractivity contribution in [2.24, 2.45) is 0 Å². The molecule has 0 N–H and O–H groups in total.